The number of rotatable bonds is 6. The van der Waals surface area contributed by atoms with Gasteiger partial charge in [0, 0.05) is 32.1 Å². The Labute approximate surface area is 163 Å². The number of alkyl halides is 3. The van der Waals surface area contributed by atoms with Gasteiger partial charge in [0.25, 0.3) is 0 Å². The summed E-state index contributed by atoms with van der Waals surface area (Å²) in [6.45, 7) is 2.36. The maximum absolute atomic E-state index is 12.5. The first-order valence-electron chi connectivity index (χ1n) is 9.84. The number of aliphatic hydroxyl groups excluding tert-OH is 1. The lowest BCUT2D eigenvalue weighted by molar-refractivity contribution is -0.149. The Morgan fingerprint density at radius 1 is 1.07 bits per heavy atom. The van der Waals surface area contributed by atoms with E-state index in [1.165, 1.54) is 4.90 Å². The van der Waals surface area contributed by atoms with Crippen molar-refractivity contribution in [3.63, 3.8) is 0 Å². The number of halogens is 3. The molecule has 156 valence electrons. The summed E-state index contributed by atoms with van der Waals surface area (Å²) in [6, 6.07) is 7.90. The van der Waals surface area contributed by atoms with Crippen molar-refractivity contribution in [2.45, 2.75) is 44.6 Å². The van der Waals surface area contributed by atoms with Crippen LogP contribution in [-0.2, 0) is 17.9 Å². The van der Waals surface area contributed by atoms with Gasteiger partial charge in [0.1, 0.15) is 0 Å². The molecule has 5 nitrogen and oxygen atoms in total. The standard InChI is InChI=1S/C20H28F3N3O2/c21-20(22,23)14-25-8-5-15(6-9-25)19(28)24-11-16-3-1-2-4-17(16)12-26-10-7-18(27)13-26/h1-4,15,18,27H,5-14H2,(H,24,28)/t18-/m0/s1. The van der Waals surface area contributed by atoms with Crippen LogP contribution in [0.4, 0.5) is 13.2 Å². The average Bonchev–Trinajstić information content (AvgIpc) is 3.05. The molecule has 28 heavy (non-hydrogen) atoms. The molecular weight excluding hydrogens is 371 g/mol. The molecule has 0 spiro atoms. The van der Waals surface area contributed by atoms with E-state index in [1.54, 1.807) is 0 Å². The summed E-state index contributed by atoms with van der Waals surface area (Å²) in [4.78, 5) is 16.0. The molecule has 1 aromatic rings. The third-order valence-corrected chi connectivity index (χ3v) is 5.57. The van der Waals surface area contributed by atoms with Crippen molar-refractivity contribution in [1.29, 1.82) is 0 Å². The van der Waals surface area contributed by atoms with Crippen molar-refractivity contribution in [1.82, 2.24) is 15.1 Å². The smallest absolute Gasteiger partial charge is 0.392 e. The van der Waals surface area contributed by atoms with Crippen molar-refractivity contribution < 1.29 is 23.1 Å². The highest BCUT2D eigenvalue weighted by molar-refractivity contribution is 5.78. The summed E-state index contributed by atoms with van der Waals surface area (Å²) < 4.78 is 37.4. The second-order valence-corrected chi connectivity index (χ2v) is 7.83. The second-order valence-electron chi connectivity index (χ2n) is 7.83. The first kappa shape index (κ1) is 21.1. The molecular formula is C20H28F3N3O2. The number of likely N-dealkylation sites (tertiary alicyclic amines) is 2. The van der Waals surface area contributed by atoms with E-state index in [0.717, 1.165) is 30.6 Å². The van der Waals surface area contributed by atoms with Crippen LogP contribution in [0.2, 0.25) is 0 Å². The fraction of sp³-hybridized carbons (Fsp3) is 0.650. The summed E-state index contributed by atoms with van der Waals surface area (Å²) in [5.74, 6) is -0.316. The van der Waals surface area contributed by atoms with Crippen LogP contribution in [0.15, 0.2) is 24.3 Å². The van der Waals surface area contributed by atoms with Gasteiger partial charge in [0.05, 0.1) is 12.6 Å². The first-order valence-corrected chi connectivity index (χ1v) is 9.84. The molecule has 2 saturated heterocycles. The van der Waals surface area contributed by atoms with Gasteiger partial charge in [-0.2, -0.15) is 13.2 Å². The zero-order chi connectivity index (χ0) is 20.1. The van der Waals surface area contributed by atoms with Crippen LogP contribution in [-0.4, -0.2) is 65.8 Å². The normalized spacial score (nSPS) is 22.5. The Morgan fingerprint density at radius 3 is 2.32 bits per heavy atom. The Hall–Kier alpha value is -1.64. The van der Waals surface area contributed by atoms with E-state index in [2.05, 4.69) is 10.2 Å². The van der Waals surface area contributed by atoms with E-state index in [4.69, 9.17) is 0 Å². The van der Waals surface area contributed by atoms with E-state index in [9.17, 15) is 23.1 Å². The van der Waals surface area contributed by atoms with E-state index >= 15 is 0 Å². The van der Waals surface area contributed by atoms with E-state index < -0.39 is 12.7 Å². The van der Waals surface area contributed by atoms with Gasteiger partial charge in [0.2, 0.25) is 5.91 Å². The van der Waals surface area contributed by atoms with Gasteiger partial charge in [0.15, 0.2) is 0 Å². The molecule has 8 heteroatoms. The fourth-order valence-corrected chi connectivity index (χ4v) is 4.01. The highest BCUT2D eigenvalue weighted by Crippen LogP contribution is 2.23. The van der Waals surface area contributed by atoms with Crippen LogP contribution in [0.1, 0.15) is 30.4 Å². The number of carbonyl (C=O) groups is 1. The van der Waals surface area contributed by atoms with Gasteiger partial charge in [-0.15, -0.1) is 0 Å². The van der Waals surface area contributed by atoms with E-state index in [0.29, 0.717) is 39.0 Å². The molecule has 1 aromatic carbocycles. The largest absolute Gasteiger partial charge is 0.401 e. The van der Waals surface area contributed by atoms with Crippen molar-refractivity contribution >= 4 is 5.91 Å². The van der Waals surface area contributed by atoms with Crippen LogP contribution in [0.5, 0.6) is 0 Å². The van der Waals surface area contributed by atoms with Gasteiger partial charge >= 0.3 is 6.18 Å². The van der Waals surface area contributed by atoms with Crippen molar-refractivity contribution in [2.75, 3.05) is 32.7 Å². The highest BCUT2D eigenvalue weighted by Gasteiger charge is 2.33. The number of nitrogens with zero attached hydrogens (tertiary/aromatic N) is 2. The number of benzene rings is 1. The SMILES string of the molecule is O=C(NCc1ccccc1CN1CC[C@H](O)C1)C1CCN(CC(F)(F)F)CC1. The lowest BCUT2D eigenvalue weighted by Gasteiger charge is -2.31. The number of hydrogen-bond donors (Lipinski definition) is 2. The number of aliphatic hydroxyl groups is 1. The monoisotopic (exact) mass is 399 g/mol. The van der Waals surface area contributed by atoms with Crippen LogP contribution in [0.25, 0.3) is 0 Å². The van der Waals surface area contributed by atoms with Crippen molar-refractivity contribution in [3.05, 3.63) is 35.4 Å². The van der Waals surface area contributed by atoms with Crippen LogP contribution in [0.3, 0.4) is 0 Å². The van der Waals surface area contributed by atoms with Crippen LogP contribution < -0.4 is 5.32 Å². The summed E-state index contributed by atoms with van der Waals surface area (Å²) in [5.41, 5.74) is 2.16. The van der Waals surface area contributed by atoms with Gasteiger partial charge < -0.3 is 10.4 Å². The molecule has 0 unspecified atom stereocenters. The number of β-amino-alcohol motifs (C(OH)–C–C–N with tert-alkyl or cyclic N) is 1. The Bertz CT molecular complexity index is 660. The van der Waals surface area contributed by atoms with E-state index in [-0.39, 0.29) is 17.9 Å². The van der Waals surface area contributed by atoms with Gasteiger partial charge in [-0.05, 0) is 43.5 Å². The third-order valence-electron chi connectivity index (χ3n) is 5.57. The van der Waals surface area contributed by atoms with Crippen molar-refractivity contribution in [2.24, 2.45) is 5.92 Å². The molecule has 1 atom stereocenters. The molecule has 0 radical (unpaired) electrons. The Balaban J connectivity index is 1.47. The fourth-order valence-electron chi connectivity index (χ4n) is 4.01. The zero-order valence-electron chi connectivity index (χ0n) is 15.9. The number of hydrogen-bond acceptors (Lipinski definition) is 4. The maximum Gasteiger partial charge on any atom is 0.401 e. The lowest BCUT2D eigenvalue weighted by atomic mass is 9.95. The van der Waals surface area contributed by atoms with Gasteiger partial charge in [-0.25, -0.2) is 0 Å². The zero-order valence-corrected chi connectivity index (χ0v) is 15.9. The third kappa shape index (κ3) is 6.18. The number of amides is 1. The first-order chi connectivity index (χ1) is 13.3. The number of carbonyl (C=O) groups excluding carboxylic acids is 1. The minimum absolute atomic E-state index is 0.0851. The number of piperidine rings is 1. The van der Waals surface area contributed by atoms with Crippen LogP contribution in [0, 0.1) is 5.92 Å². The Kier molecular flexibility index (Phi) is 6.95. The highest BCUT2D eigenvalue weighted by atomic mass is 19.4. The average molecular weight is 399 g/mol. The summed E-state index contributed by atoms with van der Waals surface area (Å²) in [6.07, 6.45) is -2.77. The van der Waals surface area contributed by atoms with Crippen LogP contribution >= 0.6 is 0 Å². The summed E-state index contributed by atoms with van der Waals surface area (Å²) in [7, 11) is 0. The molecule has 2 aliphatic rings. The molecule has 3 rings (SSSR count). The minimum Gasteiger partial charge on any atom is -0.392 e. The maximum atomic E-state index is 12.5. The van der Waals surface area contributed by atoms with Crippen molar-refractivity contribution in [3.8, 4) is 0 Å². The molecule has 0 aromatic heterocycles. The molecule has 1 amide bonds. The minimum atomic E-state index is -4.19. The molecule has 0 bridgehead atoms. The van der Waals surface area contributed by atoms with Gasteiger partial charge in [-0.1, -0.05) is 24.3 Å². The predicted octanol–water partition coefficient (Wildman–Crippen LogP) is 2.14. The number of nitrogens with one attached hydrogen (secondary N) is 1. The van der Waals surface area contributed by atoms with Gasteiger partial charge in [-0.3, -0.25) is 14.6 Å². The van der Waals surface area contributed by atoms with E-state index in [1.807, 2.05) is 24.3 Å². The molecule has 2 aliphatic heterocycles. The Morgan fingerprint density at radius 2 is 1.71 bits per heavy atom. The predicted molar refractivity (Wildman–Crippen MR) is 99.4 cm³/mol. The second kappa shape index (κ2) is 9.24. The molecule has 0 saturated carbocycles. The molecule has 2 fully saturated rings. The molecule has 2 N–H and O–H groups in total. The summed E-state index contributed by atoms with van der Waals surface area (Å²) >= 11 is 0. The molecule has 2 heterocycles. The summed E-state index contributed by atoms with van der Waals surface area (Å²) in [5, 5.41) is 12.6. The topological polar surface area (TPSA) is 55.8 Å². The lowest BCUT2D eigenvalue weighted by Crippen LogP contribution is -2.43. The quantitative estimate of drug-likeness (QED) is 0.770. The molecule has 0 aliphatic carbocycles.